The van der Waals surface area contributed by atoms with E-state index in [1.807, 2.05) is 13.0 Å². The van der Waals surface area contributed by atoms with Crippen molar-refractivity contribution < 1.29 is 9.84 Å². The van der Waals surface area contributed by atoms with Gasteiger partial charge in [-0.15, -0.1) is 0 Å². The van der Waals surface area contributed by atoms with Crippen molar-refractivity contribution >= 4 is 0 Å². The Morgan fingerprint density at radius 1 is 1.57 bits per heavy atom. The van der Waals surface area contributed by atoms with Crippen molar-refractivity contribution in [2.45, 2.75) is 19.8 Å². The lowest BCUT2D eigenvalue weighted by atomic mass is 10.0. The maximum absolute atomic E-state index is 8.80. The molecule has 0 saturated carbocycles. The van der Waals surface area contributed by atoms with E-state index in [0.29, 0.717) is 0 Å². The second-order valence-electron chi connectivity index (χ2n) is 3.69. The summed E-state index contributed by atoms with van der Waals surface area (Å²) >= 11 is 0. The molecule has 1 heterocycles. The van der Waals surface area contributed by atoms with Crippen molar-refractivity contribution in [3.63, 3.8) is 0 Å². The largest absolute Gasteiger partial charge is 0.516 e. The molecular formula is C12H14O2. The molecule has 0 spiro atoms. The van der Waals surface area contributed by atoms with Gasteiger partial charge in [-0.25, -0.2) is 0 Å². The molecule has 0 aliphatic carbocycles. The van der Waals surface area contributed by atoms with Gasteiger partial charge in [0.2, 0.25) is 0 Å². The fourth-order valence-corrected chi connectivity index (χ4v) is 1.72. The maximum Gasteiger partial charge on any atom is 0.122 e. The van der Waals surface area contributed by atoms with E-state index in [1.54, 1.807) is 0 Å². The van der Waals surface area contributed by atoms with Gasteiger partial charge in [-0.1, -0.05) is 12.1 Å². The molecule has 0 saturated heterocycles. The molecule has 2 heteroatoms. The van der Waals surface area contributed by atoms with Crippen molar-refractivity contribution in [1.29, 1.82) is 0 Å². The van der Waals surface area contributed by atoms with Crippen molar-refractivity contribution in [1.82, 2.24) is 0 Å². The lowest BCUT2D eigenvalue weighted by Gasteiger charge is -2.03. The number of rotatable bonds is 2. The Labute approximate surface area is 83.8 Å². The minimum absolute atomic E-state index is 0.799. The van der Waals surface area contributed by atoms with E-state index in [4.69, 9.17) is 9.84 Å². The monoisotopic (exact) mass is 190 g/mol. The SMILES string of the molecule is C/C(=C\O)Cc1ccc2c(c1)CCO2. The van der Waals surface area contributed by atoms with Gasteiger partial charge in [0.15, 0.2) is 0 Å². The first-order valence-electron chi connectivity index (χ1n) is 4.84. The number of hydrogen-bond acceptors (Lipinski definition) is 2. The molecule has 0 radical (unpaired) electrons. The summed E-state index contributed by atoms with van der Waals surface area (Å²) in [6.07, 6.45) is 2.98. The van der Waals surface area contributed by atoms with E-state index in [0.717, 1.165) is 30.8 Å². The molecule has 1 aromatic carbocycles. The Morgan fingerprint density at radius 3 is 3.21 bits per heavy atom. The smallest absolute Gasteiger partial charge is 0.122 e. The van der Waals surface area contributed by atoms with Crippen LogP contribution in [-0.2, 0) is 12.8 Å². The number of allylic oxidation sites excluding steroid dienone is 1. The predicted octanol–water partition coefficient (Wildman–Crippen LogP) is 2.63. The number of hydrogen-bond donors (Lipinski definition) is 1. The van der Waals surface area contributed by atoms with Crippen LogP contribution in [0.4, 0.5) is 0 Å². The lowest BCUT2D eigenvalue weighted by Crippen LogP contribution is -1.88. The summed E-state index contributed by atoms with van der Waals surface area (Å²) in [5, 5.41) is 8.80. The van der Waals surface area contributed by atoms with Crippen LogP contribution in [0.3, 0.4) is 0 Å². The third-order valence-corrected chi connectivity index (χ3v) is 2.46. The van der Waals surface area contributed by atoms with Gasteiger partial charge in [0.05, 0.1) is 12.9 Å². The minimum atomic E-state index is 0.799. The van der Waals surface area contributed by atoms with E-state index in [2.05, 4.69) is 12.1 Å². The highest BCUT2D eigenvalue weighted by Crippen LogP contribution is 2.26. The van der Waals surface area contributed by atoms with Crippen molar-refractivity contribution in [3.8, 4) is 5.75 Å². The molecule has 1 aromatic rings. The molecule has 1 aliphatic rings. The standard InChI is InChI=1S/C12H14O2/c1-9(8-13)6-10-2-3-12-11(7-10)4-5-14-12/h2-3,7-8,13H,4-6H2,1H3/b9-8+. The van der Waals surface area contributed by atoms with Crippen LogP contribution in [-0.4, -0.2) is 11.7 Å². The fourth-order valence-electron chi connectivity index (χ4n) is 1.72. The Balaban J connectivity index is 2.21. The molecule has 1 N–H and O–H groups in total. The Hall–Kier alpha value is -1.44. The summed E-state index contributed by atoms with van der Waals surface area (Å²) in [7, 11) is 0. The maximum atomic E-state index is 8.80. The van der Waals surface area contributed by atoms with Gasteiger partial charge in [-0.05, 0) is 36.1 Å². The van der Waals surface area contributed by atoms with Gasteiger partial charge in [-0.2, -0.15) is 0 Å². The van der Waals surface area contributed by atoms with E-state index in [9.17, 15) is 0 Å². The summed E-state index contributed by atoms with van der Waals surface area (Å²) < 4.78 is 5.42. The third kappa shape index (κ3) is 1.74. The van der Waals surface area contributed by atoms with E-state index in [1.165, 1.54) is 17.4 Å². The Kier molecular flexibility index (Phi) is 2.44. The lowest BCUT2D eigenvalue weighted by molar-refractivity contribution is 0.357. The van der Waals surface area contributed by atoms with Crippen LogP contribution >= 0.6 is 0 Å². The molecule has 0 atom stereocenters. The average molecular weight is 190 g/mol. The highest BCUT2D eigenvalue weighted by molar-refractivity contribution is 5.40. The highest BCUT2D eigenvalue weighted by atomic mass is 16.5. The van der Waals surface area contributed by atoms with Gasteiger partial charge in [0, 0.05) is 6.42 Å². The second-order valence-corrected chi connectivity index (χ2v) is 3.69. The first-order chi connectivity index (χ1) is 6.79. The first-order valence-corrected chi connectivity index (χ1v) is 4.84. The van der Waals surface area contributed by atoms with Crippen LogP contribution in [0.1, 0.15) is 18.1 Å². The summed E-state index contributed by atoms with van der Waals surface area (Å²) in [5.41, 5.74) is 3.49. The molecule has 2 rings (SSSR count). The topological polar surface area (TPSA) is 29.5 Å². The number of ether oxygens (including phenoxy) is 1. The molecular weight excluding hydrogens is 176 g/mol. The normalized spacial score (nSPS) is 15.1. The molecule has 0 unspecified atom stereocenters. The quantitative estimate of drug-likeness (QED) is 0.726. The predicted molar refractivity (Wildman–Crippen MR) is 55.7 cm³/mol. The van der Waals surface area contributed by atoms with Crippen LogP contribution in [0.25, 0.3) is 0 Å². The van der Waals surface area contributed by atoms with Crippen molar-refractivity contribution in [2.24, 2.45) is 0 Å². The number of aliphatic hydroxyl groups excluding tert-OH is 1. The summed E-state index contributed by atoms with van der Waals surface area (Å²) in [5.74, 6) is 1.01. The summed E-state index contributed by atoms with van der Waals surface area (Å²) in [6.45, 7) is 2.72. The fraction of sp³-hybridized carbons (Fsp3) is 0.333. The minimum Gasteiger partial charge on any atom is -0.516 e. The number of aliphatic hydroxyl groups is 1. The van der Waals surface area contributed by atoms with Crippen molar-refractivity contribution in [3.05, 3.63) is 41.2 Å². The van der Waals surface area contributed by atoms with Gasteiger partial charge < -0.3 is 9.84 Å². The zero-order valence-electron chi connectivity index (χ0n) is 8.29. The molecule has 0 fully saturated rings. The van der Waals surface area contributed by atoms with Gasteiger partial charge in [0.25, 0.3) is 0 Å². The molecule has 2 nitrogen and oxygen atoms in total. The molecule has 1 aliphatic heterocycles. The van der Waals surface area contributed by atoms with Crippen molar-refractivity contribution in [2.75, 3.05) is 6.61 Å². The molecule has 14 heavy (non-hydrogen) atoms. The number of fused-ring (bicyclic) bond motifs is 1. The second kappa shape index (κ2) is 3.74. The van der Waals surface area contributed by atoms with E-state index < -0.39 is 0 Å². The van der Waals surface area contributed by atoms with Crippen LogP contribution in [0, 0.1) is 0 Å². The molecule has 74 valence electrons. The highest BCUT2D eigenvalue weighted by Gasteiger charge is 2.11. The zero-order valence-corrected chi connectivity index (χ0v) is 8.29. The Morgan fingerprint density at radius 2 is 2.43 bits per heavy atom. The van der Waals surface area contributed by atoms with E-state index >= 15 is 0 Å². The zero-order chi connectivity index (χ0) is 9.97. The summed E-state index contributed by atoms with van der Waals surface area (Å²) in [6, 6.07) is 6.23. The van der Waals surface area contributed by atoms with Crippen LogP contribution in [0.15, 0.2) is 30.0 Å². The third-order valence-electron chi connectivity index (χ3n) is 2.46. The van der Waals surface area contributed by atoms with Crippen LogP contribution < -0.4 is 4.74 Å². The molecule has 0 amide bonds. The number of benzene rings is 1. The van der Waals surface area contributed by atoms with E-state index in [-0.39, 0.29) is 0 Å². The average Bonchev–Trinajstić information content (AvgIpc) is 2.64. The summed E-state index contributed by atoms with van der Waals surface area (Å²) in [4.78, 5) is 0. The Bertz CT molecular complexity index is 367. The van der Waals surface area contributed by atoms with Crippen LogP contribution in [0.2, 0.25) is 0 Å². The van der Waals surface area contributed by atoms with Gasteiger partial charge in [0.1, 0.15) is 5.75 Å². The van der Waals surface area contributed by atoms with Gasteiger partial charge >= 0.3 is 0 Å². The molecule has 0 bridgehead atoms. The van der Waals surface area contributed by atoms with Gasteiger partial charge in [-0.3, -0.25) is 0 Å². The van der Waals surface area contributed by atoms with Crippen LogP contribution in [0.5, 0.6) is 5.75 Å². The molecule has 0 aromatic heterocycles. The first kappa shape index (κ1) is 9.13.